The third-order valence-electron chi connectivity index (χ3n) is 6.93. The van der Waals surface area contributed by atoms with Crippen molar-refractivity contribution in [3.8, 4) is 11.5 Å². The van der Waals surface area contributed by atoms with E-state index in [2.05, 4.69) is 97.3 Å². The van der Waals surface area contributed by atoms with Gasteiger partial charge >= 0.3 is 0 Å². The maximum Gasteiger partial charge on any atom is 0.147 e. The molecule has 0 fully saturated rings. The zero-order valence-electron chi connectivity index (χ0n) is 21.2. The first-order valence-electron chi connectivity index (χ1n) is 13.0. The van der Waals surface area contributed by atoms with Gasteiger partial charge in [0.25, 0.3) is 0 Å². The molecule has 1 heterocycles. The number of nitrogens with zero attached hydrogens (tertiary/aromatic N) is 2. The van der Waals surface area contributed by atoms with Crippen molar-refractivity contribution in [3.63, 3.8) is 0 Å². The highest BCUT2D eigenvalue weighted by molar-refractivity contribution is 5.83. The number of fused-ring (bicyclic) bond motifs is 2. The van der Waals surface area contributed by atoms with E-state index in [0.717, 1.165) is 54.2 Å². The van der Waals surface area contributed by atoms with Crippen molar-refractivity contribution in [2.75, 3.05) is 6.61 Å². The molecule has 4 heteroatoms. The predicted octanol–water partition coefficient (Wildman–Crippen LogP) is 8.14. The van der Waals surface area contributed by atoms with Crippen LogP contribution in [0.1, 0.15) is 50.4 Å². The van der Waals surface area contributed by atoms with Gasteiger partial charge in [-0.3, -0.25) is 0 Å². The molecule has 5 aromatic rings. The average Bonchev–Trinajstić information content (AvgIpc) is 3.29. The minimum absolute atomic E-state index is 0.437. The van der Waals surface area contributed by atoms with Gasteiger partial charge in [0.15, 0.2) is 0 Å². The molecule has 0 N–H and O–H groups in total. The topological polar surface area (TPSA) is 36.3 Å². The van der Waals surface area contributed by atoms with Crippen LogP contribution in [0.4, 0.5) is 0 Å². The van der Waals surface area contributed by atoms with Gasteiger partial charge < -0.3 is 14.0 Å². The summed E-state index contributed by atoms with van der Waals surface area (Å²) in [5.41, 5.74) is 3.53. The monoisotopic (exact) mass is 478 g/mol. The zero-order valence-corrected chi connectivity index (χ0v) is 21.2. The Bertz CT molecular complexity index is 1420. The molecule has 5 rings (SSSR count). The van der Waals surface area contributed by atoms with Crippen molar-refractivity contribution in [1.29, 1.82) is 0 Å². The SMILES string of the molecule is CCC(C)c1ccc(OCCCCn2c(COc3ccc4ccccc4c3)nc3ccccc32)cc1. The predicted molar refractivity (Wildman–Crippen MR) is 148 cm³/mol. The Labute approximate surface area is 213 Å². The van der Waals surface area contributed by atoms with E-state index in [1.807, 2.05) is 12.1 Å². The molecule has 0 aliphatic heterocycles. The molecule has 4 aromatic carbocycles. The lowest BCUT2D eigenvalue weighted by Crippen LogP contribution is -2.09. The van der Waals surface area contributed by atoms with Crippen LogP contribution < -0.4 is 9.47 Å². The Morgan fingerprint density at radius 1 is 0.778 bits per heavy atom. The number of benzene rings is 4. The molecule has 0 bridgehead atoms. The van der Waals surface area contributed by atoms with Crippen LogP contribution in [0.3, 0.4) is 0 Å². The van der Waals surface area contributed by atoms with E-state index in [4.69, 9.17) is 14.5 Å². The van der Waals surface area contributed by atoms with E-state index in [1.165, 1.54) is 16.3 Å². The normalized spacial score (nSPS) is 12.2. The zero-order chi connectivity index (χ0) is 24.7. The first-order chi connectivity index (χ1) is 17.7. The van der Waals surface area contributed by atoms with Gasteiger partial charge in [0.05, 0.1) is 17.6 Å². The summed E-state index contributed by atoms with van der Waals surface area (Å²) in [6.45, 7) is 6.51. The number of para-hydroxylation sites is 2. The summed E-state index contributed by atoms with van der Waals surface area (Å²) in [6, 6.07) is 31.4. The van der Waals surface area contributed by atoms with Gasteiger partial charge in [0.1, 0.15) is 23.9 Å². The van der Waals surface area contributed by atoms with Crippen molar-refractivity contribution in [2.45, 2.75) is 52.2 Å². The summed E-state index contributed by atoms with van der Waals surface area (Å²) in [4.78, 5) is 4.87. The van der Waals surface area contributed by atoms with Crippen molar-refractivity contribution < 1.29 is 9.47 Å². The standard InChI is InChI=1S/C32H34N2O2/c1-3-24(2)25-14-17-28(18-15-25)35-21-9-8-20-34-31-13-7-6-12-30(31)33-32(34)23-36-29-19-16-26-10-4-5-11-27(26)22-29/h4-7,10-19,22,24H,3,8-9,20-21,23H2,1-2H3. The lowest BCUT2D eigenvalue weighted by Gasteiger charge is -2.12. The molecule has 0 radical (unpaired) electrons. The Hall–Kier alpha value is -3.79. The number of unbranched alkanes of at least 4 members (excludes halogenated alkanes) is 1. The fourth-order valence-corrected chi connectivity index (χ4v) is 4.58. The molecule has 1 atom stereocenters. The van der Waals surface area contributed by atoms with Crippen LogP contribution in [0.15, 0.2) is 91.0 Å². The van der Waals surface area contributed by atoms with Crippen LogP contribution in [0.25, 0.3) is 21.8 Å². The number of aromatic nitrogens is 2. The van der Waals surface area contributed by atoms with E-state index in [0.29, 0.717) is 19.1 Å². The molecule has 0 amide bonds. The third kappa shape index (κ3) is 5.54. The van der Waals surface area contributed by atoms with E-state index in [1.54, 1.807) is 0 Å². The fourth-order valence-electron chi connectivity index (χ4n) is 4.58. The molecule has 0 spiro atoms. The highest BCUT2D eigenvalue weighted by Gasteiger charge is 2.11. The minimum atomic E-state index is 0.437. The number of ether oxygens (including phenoxy) is 2. The number of imidazole rings is 1. The highest BCUT2D eigenvalue weighted by atomic mass is 16.5. The van der Waals surface area contributed by atoms with Crippen LogP contribution >= 0.6 is 0 Å². The smallest absolute Gasteiger partial charge is 0.147 e. The van der Waals surface area contributed by atoms with E-state index < -0.39 is 0 Å². The van der Waals surface area contributed by atoms with Crippen molar-refractivity contribution in [2.24, 2.45) is 0 Å². The van der Waals surface area contributed by atoms with Crippen LogP contribution in [0.5, 0.6) is 11.5 Å². The molecular formula is C32H34N2O2. The average molecular weight is 479 g/mol. The molecule has 0 aliphatic rings. The number of rotatable bonds is 11. The molecule has 0 saturated carbocycles. The van der Waals surface area contributed by atoms with Gasteiger partial charge in [0.2, 0.25) is 0 Å². The molecule has 4 nitrogen and oxygen atoms in total. The van der Waals surface area contributed by atoms with Crippen molar-refractivity contribution in [3.05, 3.63) is 102 Å². The molecule has 1 unspecified atom stereocenters. The van der Waals surface area contributed by atoms with Crippen LogP contribution in [0, 0.1) is 0 Å². The van der Waals surface area contributed by atoms with E-state index in [-0.39, 0.29) is 0 Å². The maximum absolute atomic E-state index is 6.18. The van der Waals surface area contributed by atoms with Crippen LogP contribution in [-0.2, 0) is 13.2 Å². The number of aryl methyl sites for hydroxylation is 1. The molecule has 1 aromatic heterocycles. The second-order valence-corrected chi connectivity index (χ2v) is 9.40. The molecule has 36 heavy (non-hydrogen) atoms. The molecule has 0 saturated heterocycles. The largest absolute Gasteiger partial charge is 0.494 e. The van der Waals surface area contributed by atoms with Crippen LogP contribution in [-0.4, -0.2) is 16.2 Å². The minimum Gasteiger partial charge on any atom is -0.494 e. The van der Waals surface area contributed by atoms with Gasteiger partial charge in [-0.2, -0.15) is 0 Å². The Morgan fingerprint density at radius 3 is 2.36 bits per heavy atom. The van der Waals surface area contributed by atoms with Crippen molar-refractivity contribution in [1.82, 2.24) is 9.55 Å². The molecule has 0 aliphatic carbocycles. The summed E-state index contributed by atoms with van der Waals surface area (Å²) >= 11 is 0. The van der Waals surface area contributed by atoms with Crippen molar-refractivity contribution >= 4 is 21.8 Å². The van der Waals surface area contributed by atoms with Gasteiger partial charge in [-0.1, -0.05) is 68.4 Å². The summed E-state index contributed by atoms with van der Waals surface area (Å²) in [7, 11) is 0. The first kappa shape index (κ1) is 23.9. The van der Waals surface area contributed by atoms with E-state index in [9.17, 15) is 0 Å². The van der Waals surface area contributed by atoms with Gasteiger partial charge in [-0.05, 0) is 77.9 Å². The lowest BCUT2D eigenvalue weighted by atomic mass is 9.99. The van der Waals surface area contributed by atoms with Gasteiger partial charge in [-0.25, -0.2) is 4.98 Å². The van der Waals surface area contributed by atoms with Crippen LogP contribution in [0.2, 0.25) is 0 Å². The number of hydrogen-bond donors (Lipinski definition) is 0. The van der Waals surface area contributed by atoms with Gasteiger partial charge in [-0.15, -0.1) is 0 Å². The highest BCUT2D eigenvalue weighted by Crippen LogP contribution is 2.24. The Morgan fingerprint density at radius 2 is 1.53 bits per heavy atom. The summed E-state index contributed by atoms with van der Waals surface area (Å²) in [5, 5.41) is 2.39. The summed E-state index contributed by atoms with van der Waals surface area (Å²) in [5.74, 6) is 3.34. The Balaban J connectivity index is 1.19. The second kappa shape index (κ2) is 11.3. The lowest BCUT2D eigenvalue weighted by molar-refractivity contribution is 0.285. The maximum atomic E-state index is 6.18. The molecule has 184 valence electrons. The molecular weight excluding hydrogens is 444 g/mol. The fraction of sp³-hybridized carbons (Fsp3) is 0.281. The summed E-state index contributed by atoms with van der Waals surface area (Å²) in [6.07, 6.45) is 3.14. The summed E-state index contributed by atoms with van der Waals surface area (Å²) < 4.78 is 14.5. The van der Waals surface area contributed by atoms with E-state index >= 15 is 0 Å². The third-order valence-corrected chi connectivity index (χ3v) is 6.93. The first-order valence-corrected chi connectivity index (χ1v) is 13.0. The van der Waals surface area contributed by atoms with Gasteiger partial charge in [0, 0.05) is 6.54 Å². The number of hydrogen-bond acceptors (Lipinski definition) is 3. The second-order valence-electron chi connectivity index (χ2n) is 9.40. The quantitative estimate of drug-likeness (QED) is 0.180. The Kier molecular flexibility index (Phi) is 7.51.